The topological polar surface area (TPSA) is 51.2 Å². The fraction of sp³-hybridized carbons (Fsp3) is 0.176. The maximum atomic E-state index is 12.7. The lowest BCUT2D eigenvalue weighted by Crippen LogP contribution is -2.10. The molecule has 2 aromatic rings. The Balaban J connectivity index is 2.01. The van der Waals surface area contributed by atoms with Crippen LogP contribution in [0.3, 0.4) is 0 Å². The molecule has 1 aliphatic heterocycles. The number of benzene rings is 1. The summed E-state index contributed by atoms with van der Waals surface area (Å²) in [4.78, 5) is 17.0. The van der Waals surface area contributed by atoms with Gasteiger partial charge in [0.15, 0.2) is 6.10 Å². The molecule has 1 aromatic heterocycles. The Morgan fingerprint density at radius 1 is 1.19 bits per heavy atom. The fourth-order valence-electron chi connectivity index (χ4n) is 2.42. The van der Waals surface area contributed by atoms with E-state index in [1.807, 2.05) is 49.4 Å². The van der Waals surface area contributed by atoms with E-state index in [0.717, 1.165) is 11.1 Å². The molecule has 0 bridgehead atoms. The van der Waals surface area contributed by atoms with Crippen molar-refractivity contribution in [2.24, 2.45) is 0 Å². The number of nitrogens with zero attached hydrogens (tertiary/aromatic N) is 1. The van der Waals surface area contributed by atoms with Crippen molar-refractivity contribution in [1.29, 1.82) is 0 Å². The molecule has 0 saturated carbocycles. The second kappa shape index (κ2) is 5.40. The first-order valence-electron chi connectivity index (χ1n) is 6.81. The zero-order chi connectivity index (χ0) is 14.8. The minimum Gasteiger partial charge on any atom is -0.462 e. The molecule has 0 saturated heterocycles. The average molecular weight is 280 g/mol. The van der Waals surface area contributed by atoms with Crippen LogP contribution in [0.15, 0.2) is 54.5 Å². The predicted octanol–water partition coefficient (Wildman–Crippen LogP) is 2.62. The van der Waals surface area contributed by atoms with Crippen LogP contribution >= 0.6 is 0 Å². The van der Waals surface area contributed by atoms with E-state index >= 15 is 0 Å². The number of pyridine rings is 1. The first-order chi connectivity index (χ1) is 10.2. The van der Waals surface area contributed by atoms with Gasteiger partial charge in [-0.25, -0.2) is 0 Å². The number of Topliss-reactive ketones (excluding diaryl/α,β-unsaturated/α-hetero) is 1. The molecule has 21 heavy (non-hydrogen) atoms. The van der Waals surface area contributed by atoms with Gasteiger partial charge in [-0.15, -0.1) is 0 Å². The van der Waals surface area contributed by atoms with Gasteiger partial charge in [0.05, 0.1) is 5.69 Å². The molecule has 4 nitrogen and oxygen atoms in total. The minimum absolute atomic E-state index is 0.0661. The average Bonchev–Trinajstić information content (AvgIpc) is 2.85. The Morgan fingerprint density at radius 3 is 2.62 bits per heavy atom. The Bertz CT molecular complexity index is 708. The monoisotopic (exact) mass is 280 g/mol. The van der Waals surface area contributed by atoms with Crippen LogP contribution in [0.25, 0.3) is 5.57 Å². The predicted molar refractivity (Wildman–Crippen MR) is 80.2 cm³/mol. The van der Waals surface area contributed by atoms with Crippen molar-refractivity contribution in [3.05, 3.63) is 71.4 Å². The number of aryl methyl sites for hydroxylation is 1. The Kier molecular flexibility index (Phi) is 3.44. The van der Waals surface area contributed by atoms with Crippen LogP contribution < -0.4 is 5.32 Å². The van der Waals surface area contributed by atoms with E-state index < -0.39 is 6.10 Å². The van der Waals surface area contributed by atoms with Gasteiger partial charge in [-0.05, 0) is 24.6 Å². The highest BCUT2D eigenvalue weighted by Gasteiger charge is 2.37. The molecule has 1 unspecified atom stereocenters. The summed E-state index contributed by atoms with van der Waals surface area (Å²) in [5, 5.41) is 2.96. The van der Waals surface area contributed by atoms with Crippen LogP contribution in [0.5, 0.6) is 0 Å². The molecule has 1 atom stereocenters. The zero-order valence-corrected chi connectivity index (χ0v) is 12.0. The van der Waals surface area contributed by atoms with Crippen LogP contribution in [0.1, 0.15) is 22.9 Å². The molecule has 2 heterocycles. The second-order valence-corrected chi connectivity index (χ2v) is 4.95. The van der Waals surface area contributed by atoms with Gasteiger partial charge in [0, 0.05) is 18.8 Å². The second-order valence-electron chi connectivity index (χ2n) is 4.95. The van der Waals surface area contributed by atoms with Gasteiger partial charge in [0.1, 0.15) is 5.57 Å². The summed E-state index contributed by atoms with van der Waals surface area (Å²) in [7, 11) is 1.74. The van der Waals surface area contributed by atoms with Crippen molar-refractivity contribution in [2.45, 2.75) is 13.0 Å². The maximum absolute atomic E-state index is 12.7. The third kappa shape index (κ3) is 2.40. The van der Waals surface area contributed by atoms with Gasteiger partial charge in [-0.2, -0.15) is 0 Å². The van der Waals surface area contributed by atoms with Crippen molar-refractivity contribution >= 4 is 11.4 Å². The lowest BCUT2D eigenvalue weighted by Gasteiger charge is -2.11. The van der Waals surface area contributed by atoms with E-state index in [-0.39, 0.29) is 5.78 Å². The number of hydrogen-bond donors (Lipinski definition) is 1. The van der Waals surface area contributed by atoms with Gasteiger partial charge in [-0.3, -0.25) is 9.78 Å². The molecule has 0 spiro atoms. The van der Waals surface area contributed by atoms with Gasteiger partial charge in [-0.1, -0.05) is 30.3 Å². The number of nitrogens with one attached hydrogen (secondary N) is 1. The van der Waals surface area contributed by atoms with Crippen LogP contribution in [-0.2, 0) is 9.53 Å². The molecule has 0 radical (unpaired) electrons. The van der Waals surface area contributed by atoms with Gasteiger partial charge >= 0.3 is 0 Å². The van der Waals surface area contributed by atoms with E-state index in [2.05, 4.69) is 10.3 Å². The van der Waals surface area contributed by atoms with Crippen molar-refractivity contribution in [2.75, 3.05) is 7.05 Å². The molecule has 1 N–H and O–H groups in total. The van der Waals surface area contributed by atoms with Crippen LogP contribution in [0.4, 0.5) is 0 Å². The van der Waals surface area contributed by atoms with Crippen molar-refractivity contribution in [1.82, 2.24) is 10.3 Å². The normalized spacial score (nSPS) is 17.8. The number of carbonyl (C=O) groups is 1. The van der Waals surface area contributed by atoms with Crippen molar-refractivity contribution in [3.8, 4) is 0 Å². The summed E-state index contributed by atoms with van der Waals surface area (Å²) in [6.45, 7) is 1.97. The molecule has 1 aromatic carbocycles. The van der Waals surface area contributed by atoms with E-state index in [1.54, 1.807) is 13.2 Å². The summed E-state index contributed by atoms with van der Waals surface area (Å²) >= 11 is 0. The lowest BCUT2D eigenvalue weighted by atomic mass is 9.99. The maximum Gasteiger partial charge on any atom is 0.215 e. The smallest absolute Gasteiger partial charge is 0.215 e. The summed E-state index contributed by atoms with van der Waals surface area (Å²) in [5.74, 6) is 0.413. The van der Waals surface area contributed by atoms with E-state index in [9.17, 15) is 4.79 Å². The molecule has 0 fully saturated rings. The third-order valence-electron chi connectivity index (χ3n) is 3.45. The Hall–Kier alpha value is -2.62. The van der Waals surface area contributed by atoms with E-state index in [0.29, 0.717) is 17.2 Å². The summed E-state index contributed by atoms with van der Waals surface area (Å²) < 4.78 is 5.79. The first kappa shape index (κ1) is 13.4. The number of rotatable bonds is 3. The van der Waals surface area contributed by atoms with Gasteiger partial charge in [0.25, 0.3) is 0 Å². The molecule has 0 amide bonds. The van der Waals surface area contributed by atoms with Crippen LogP contribution in [0.2, 0.25) is 0 Å². The summed E-state index contributed by atoms with van der Waals surface area (Å²) in [5.41, 5.74) is 3.05. The third-order valence-corrected chi connectivity index (χ3v) is 3.45. The van der Waals surface area contributed by atoms with E-state index in [4.69, 9.17) is 4.74 Å². The quantitative estimate of drug-likeness (QED) is 0.939. The molecule has 1 aliphatic rings. The molecule has 4 heteroatoms. The summed E-state index contributed by atoms with van der Waals surface area (Å²) in [6.07, 6.45) is 1.10. The van der Waals surface area contributed by atoms with Crippen LogP contribution in [0, 0.1) is 6.92 Å². The highest BCUT2D eigenvalue weighted by atomic mass is 16.5. The van der Waals surface area contributed by atoms with Crippen molar-refractivity contribution in [3.63, 3.8) is 0 Å². The fourth-order valence-corrected chi connectivity index (χ4v) is 2.42. The number of ether oxygens (including phenoxy) is 1. The highest BCUT2D eigenvalue weighted by molar-refractivity contribution is 6.24. The Labute approximate surface area is 123 Å². The molecular formula is C17H16N2O2. The van der Waals surface area contributed by atoms with Gasteiger partial charge < -0.3 is 10.1 Å². The van der Waals surface area contributed by atoms with Gasteiger partial charge in [0.2, 0.25) is 11.7 Å². The first-order valence-corrected chi connectivity index (χ1v) is 6.81. The van der Waals surface area contributed by atoms with Crippen LogP contribution in [-0.4, -0.2) is 17.8 Å². The SMILES string of the molecule is CNC1=C(c2cc(C)ccn2)C(=O)C(c2ccccc2)O1. The van der Waals surface area contributed by atoms with E-state index in [1.165, 1.54) is 0 Å². The molecule has 3 rings (SSSR count). The highest BCUT2D eigenvalue weighted by Crippen LogP contribution is 2.36. The number of ketones is 1. The number of carbonyl (C=O) groups excluding carboxylic acids is 1. The minimum atomic E-state index is -0.606. The summed E-state index contributed by atoms with van der Waals surface area (Å²) in [6, 6.07) is 13.3. The zero-order valence-electron chi connectivity index (χ0n) is 12.0. The largest absolute Gasteiger partial charge is 0.462 e. The van der Waals surface area contributed by atoms with Crippen molar-refractivity contribution < 1.29 is 9.53 Å². The lowest BCUT2D eigenvalue weighted by molar-refractivity contribution is -0.120. The molecule has 0 aliphatic carbocycles. The molecular weight excluding hydrogens is 264 g/mol. The standard InChI is InChI=1S/C17H16N2O2/c1-11-8-9-19-13(10-11)14-15(20)16(21-17(14)18-2)12-6-4-3-5-7-12/h3-10,16,18H,1-2H3. The Morgan fingerprint density at radius 2 is 1.95 bits per heavy atom. The number of hydrogen-bond acceptors (Lipinski definition) is 4. The molecule has 106 valence electrons. The number of aromatic nitrogens is 1.